The van der Waals surface area contributed by atoms with E-state index in [1.807, 2.05) is 0 Å². The van der Waals surface area contributed by atoms with Crippen LogP contribution in [0.3, 0.4) is 0 Å². The molecular formula is C11H16N8O. The van der Waals surface area contributed by atoms with E-state index < -0.39 is 0 Å². The van der Waals surface area contributed by atoms with Gasteiger partial charge in [0.1, 0.15) is 12.2 Å². The highest BCUT2D eigenvalue weighted by Gasteiger charge is 2.23. The van der Waals surface area contributed by atoms with Crippen LogP contribution in [0.4, 0.5) is 5.95 Å². The standard InChI is InChI=1S/C11H16N8O/c20-9(5-2-6-19-7-12-17-18-19)13-11-14-10(15-16-11)8-3-1-4-8/h7-8H,1-6H2,(H2,13,14,15,16,20). The summed E-state index contributed by atoms with van der Waals surface area (Å²) in [6, 6.07) is 0. The van der Waals surface area contributed by atoms with Crippen LogP contribution in [0.1, 0.15) is 43.8 Å². The molecule has 0 spiro atoms. The van der Waals surface area contributed by atoms with Gasteiger partial charge in [-0.2, -0.15) is 4.98 Å². The molecule has 0 aromatic carbocycles. The number of nitrogens with one attached hydrogen (secondary N) is 2. The second-order valence-electron chi connectivity index (χ2n) is 4.90. The first-order valence-corrected chi connectivity index (χ1v) is 6.74. The van der Waals surface area contributed by atoms with E-state index in [1.165, 1.54) is 12.7 Å². The predicted octanol–water partition coefficient (Wildman–Crippen LogP) is 0.478. The summed E-state index contributed by atoms with van der Waals surface area (Å²) in [7, 11) is 0. The molecule has 3 rings (SSSR count). The smallest absolute Gasteiger partial charge is 0.248 e. The summed E-state index contributed by atoms with van der Waals surface area (Å²) in [6.07, 6.45) is 6.11. The van der Waals surface area contributed by atoms with Gasteiger partial charge in [0.15, 0.2) is 0 Å². The Labute approximate surface area is 115 Å². The van der Waals surface area contributed by atoms with Gasteiger partial charge in [0, 0.05) is 18.9 Å². The third-order valence-corrected chi connectivity index (χ3v) is 3.43. The molecule has 1 saturated carbocycles. The lowest BCUT2D eigenvalue weighted by Gasteiger charge is -2.22. The molecule has 0 bridgehead atoms. The topological polar surface area (TPSA) is 114 Å². The number of rotatable bonds is 6. The molecule has 0 unspecified atom stereocenters. The molecule has 0 radical (unpaired) electrons. The fourth-order valence-corrected chi connectivity index (χ4v) is 2.07. The average molecular weight is 276 g/mol. The van der Waals surface area contributed by atoms with Crippen molar-refractivity contribution in [2.45, 2.75) is 44.6 Å². The SMILES string of the molecule is O=C(CCCn1cnnn1)Nc1n[nH]c(C2CCC2)n1. The molecule has 2 aromatic heterocycles. The molecule has 20 heavy (non-hydrogen) atoms. The summed E-state index contributed by atoms with van der Waals surface area (Å²) in [6.45, 7) is 0.613. The van der Waals surface area contributed by atoms with E-state index in [4.69, 9.17) is 0 Å². The lowest BCUT2D eigenvalue weighted by Crippen LogP contribution is -2.14. The van der Waals surface area contributed by atoms with Crippen molar-refractivity contribution >= 4 is 11.9 Å². The minimum atomic E-state index is -0.0998. The van der Waals surface area contributed by atoms with Crippen LogP contribution < -0.4 is 5.32 Å². The zero-order chi connectivity index (χ0) is 13.8. The Balaban J connectivity index is 1.42. The monoisotopic (exact) mass is 276 g/mol. The fourth-order valence-electron chi connectivity index (χ4n) is 2.07. The number of aromatic amines is 1. The number of carbonyl (C=O) groups is 1. The molecule has 1 amide bonds. The highest BCUT2D eigenvalue weighted by Crippen LogP contribution is 2.34. The Hall–Kier alpha value is -2.32. The number of carbonyl (C=O) groups excluding carboxylic acids is 1. The third-order valence-electron chi connectivity index (χ3n) is 3.43. The summed E-state index contributed by atoms with van der Waals surface area (Å²) >= 11 is 0. The third kappa shape index (κ3) is 2.98. The van der Waals surface area contributed by atoms with Gasteiger partial charge in [-0.3, -0.25) is 15.2 Å². The molecule has 1 aliphatic rings. The van der Waals surface area contributed by atoms with Crippen molar-refractivity contribution in [1.82, 2.24) is 35.4 Å². The van der Waals surface area contributed by atoms with Crippen LogP contribution in [0.5, 0.6) is 0 Å². The molecule has 9 nitrogen and oxygen atoms in total. The van der Waals surface area contributed by atoms with E-state index in [0.717, 1.165) is 18.7 Å². The number of hydrogen-bond donors (Lipinski definition) is 2. The molecule has 9 heteroatoms. The second-order valence-corrected chi connectivity index (χ2v) is 4.90. The van der Waals surface area contributed by atoms with Crippen LogP contribution >= 0.6 is 0 Å². The highest BCUT2D eigenvalue weighted by atomic mass is 16.1. The van der Waals surface area contributed by atoms with Crippen molar-refractivity contribution in [3.05, 3.63) is 12.2 Å². The first-order chi connectivity index (χ1) is 9.81. The molecule has 106 valence electrons. The zero-order valence-electron chi connectivity index (χ0n) is 11.0. The van der Waals surface area contributed by atoms with Crippen molar-refractivity contribution in [3.63, 3.8) is 0 Å². The fraction of sp³-hybridized carbons (Fsp3) is 0.636. The Morgan fingerprint density at radius 1 is 1.50 bits per heavy atom. The molecule has 2 N–H and O–H groups in total. The minimum absolute atomic E-state index is 0.0998. The number of aromatic nitrogens is 7. The van der Waals surface area contributed by atoms with Crippen LogP contribution in [0, 0.1) is 0 Å². The molecule has 2 heterocycles. The number of amides is 1. The average Bonchev–Trinajstić information content (AvgIpc) is 2.99. The van der Waals surface area contributed by atoms with Crippen LogP contribution in [0.25, 0.3) is 0 Å². The van der Waals surface area contributed by atoms with E-state index in [0.29, 0.717) is 31.3 Å². The van der Waals surface area contributed by atoms with E-state index >= 15 is 0 Å². The Kier molecular flexibility index (Phi) is 3.66. The maximum Gasteiger partial charge on any atom is 0.248 e. The number of nitrogens with zero attached hydrogens (tertiary/aromatic N) is 6. The Morgan fingerprint density at radius 3 is 3.10 bits per heavy atom. The number of tetrazole rings is 1. The Morgan fingerprint density at radius 2 is 2.40 bits per heavy atom. The van der Waals surface area contributed by atoms with Gasteiger partial charge in [-0.05, 0) is 29.7 Å². The van der Waals surface area contributed by atoms with Crippen LogP contribution in [0.15, 0.2) is 6.33 Å². The van der Waals surface area contributed by atoms with Gasteiger partial charge < -0.3 is 0 Å². The van der Waals surface area contributed by atoms with Gasteiger partial charge in [-0.1, -0.05) is 6.42 Å². The van der Waals surface area contributed by atoms with E-state index in [9.17, 15) is 4.79 Å². The molecule has 0 saturated heterocycles. The molecule has 0 aliphatic heterocycles. The van der Waals surface area contributed by atoms with Crippen molar-refractivity contribution < 1.29 is 4.79 Å². The molecular weight excluding hydrogens is 260 g/mol. The highest BCUT2D eigenvalue weighted by molar-refractivity contribution is 5.88. The van der Waals surface area contributed by atoms with Crippen molar-refractivity contribution in [2.24, 2.45) is 0 Å². The molecule has 1 fully saturated rings. The summed E-state index contributed by atoms with van der Waals surface area (Å²) in [4.78, 5) is 16.0. The van der Waals surface area contributed by atoms with Crippen LogP contribution in [-0.4, -0.2) is 41.3 Å². The van der Waals surface area contributed by atoms with E-state index in [2.05, 4.69) is 36.0 Å². The van der Waals surface area contributed by atoms with Gasteiger partial charge in [0.2, 0.25) is 11.9 Å². The van der Waals surface area contributed by atoms with Gasteiger partial charge in [-0.15, -0.1) is 10.2 Å². The van der Waals surface area contributed by atoms with Gasteiger partial charge >= 0.3 is 0 Å². The number of hydrogen-bond acceptors (Lipinski definition) is 6. The van der Waals surface area contributed by atoms with Gasteiger partial charge in [-0.25, -0.2) is 4.68 Å². The number of aryl methyl sites for hydroxylation is 1. The summed E-state index contributed by atoms with van der Waals surface area (Å²) in [5.74, 6) is 1.62. The minimum Gasteiger partial charge on any atom is -0.293 e. The predicted molar refractivity (Wildman–Crippen MR) is 68.7 cm³/mol. The largest absolute Gasteiger partial charge is 0.293 e. The maximum atomic E-state index is 11.7. The molecule has 0 atom stereocenters. The molecule has 2 aromatic rings. The van der Waals surface area contributed by atoms with E-state index in [-0.39, 0.29) is 5.91 Å². The zero-order valence-corrected chi connectivity index (χ0v) is 11.0. The van der Waals surface area contributed by atoms with Gasteiger partial charge in [0.25, 0.3) is 0 Å². The number of anilines is 1. The van der Waals surface area contributed by atoms with Crippen LogP contribution in [-0.2, 0) is 11.3 Å². The normalized spacial score (nSPS) is 15.0. The number of H-pyrrole nitrogens is 1. The first-order valence-electron chi connectivity index (χ1n) is 6.74. The lowest BCUT2D eigenvalue weighted by molar-refractivity contribution is -0.116. The maximum absolute atomic E-state index is 11.7. The summed E-state index contributed by atoms with van der Waals surface area (Å²) in [5, 5.41) is 20.4. The Bertz CT molecular complexity index is 559. The lowest BCUT2D eigenvalue weighted by atomic mass is 9.85. The second kappa shape index (κ2) is 5.76. The van der Waals surface area contributed by atoms with Crippen molar-refractivity contribution in [3.8, 4) is 0 Å². The summed E-state index contributed by atoms with van der Waals surface area (Å²) < 4.78 is 1.59. The van der Waals surface area contributed by atoms with Crippen molar-refractivity contribution in [1.29, 1.82) is 0 Å². The first kappa shape index (κ1) is 12.7. The van der Waals surface area contributed by atoms with Gasteiger partial charge in [0.05, 0.1) is 0 Å². The summed E-state index contributed by atoms with van der Waals surface area (Å²) in [5.41, 5.74) is 0. The molecule has 1 aliphatic carbocycles. The quantitative estimate of drug-likeness (QED) is 0.793. The van der Waals surface area contributed by atoms with E-state index in [1.54, 1.807) is 4.68 Å². The van der Waals surface area contributed by atoms with Crippen LogP contribution in [0.2, 0.25) is 0 Å². The van der Waals surface area contributed by atoms with Crippen molar-refractivity contribution in [2.75, 3.05) is 5.32 Å².